The van der Waals surface area contributed by atoms with Gasteiger partial charge in [0.05, 0.1) is 4.92 Å². The second-order valence-corrected chi connectivity index (χ2v) is 5.61. The van der Waals surface area contributed by atoms with Crippen LogP contribution in [-0.4, -0.2) is 34.9 Å². The number of carbonyl (C=O) groups is 1. The molecule has 7 heteroatoms. The molecule has 0 heterocycles. The van der Waals surface area contributed by atoms with Crippen LogP contribution in [0.25, 0.3) is 0 Å². The zero-order valence-electron chi connectivity index (χ0n) is 12.6. The molecule has 1 aromatic carbocycles. The van der Waals surface area contributed by atoms with Crippen LogP contribution in [0.4, 0.5) is 11.4 Å². The normalized spacial score (nSPS) is 11.9. The van der Waals surface area contributed by atoms with Crippen LogP contribution in [0.2, 0.25) is 0 Å². The number of likely N-dealkylation sites (N-methyl/N-ethyl adjacent to an activating group) is 1. The fourth-order valence-corrected chi connectivity index (χ4v) is 2.53. The lowest BCUT2D eigenvalue weighted by Gasteiger charge is -2.24. The summed E-state index contributed by atoms with van der Waals surface area (Å²) in [7, 11) is 0. The summed E-state index contributed by atoms with van der Waals surface area (Å²) in [4.78, 5) is 24.4. The van der Waals surface area contributed by atoms with Gasteiger partial charge >= 0.3 is 0 Å². The molecule has 1 atom stereocenters. The van der Waals surface area contributed by atoms with Crippen LogP contribution in [0.15, 0.2) is 16.6 Å². The predicted molar refractivity (Wildman–Crippen MR) is 86.5 cm³/mol. The number of halogens is 1. The Morgan fingerprint density at radius 1 is 1.43 bits per heavy atom. The van der Waals surface area contributed by atoms with Crippen molar-refractivity contribution < 1.29 is 9.72 Å². The third-order valence-electron chi connectivity index (χ3n) is 3.30. The van der Waals surface area contributed by atoms with E-state index in [1.54, 1.807) is 24.8 Å². The monoisotopic (exact) mass is 357 g/mol. The average molecular weight is 358 g/mol. The van der Waals surface area contributed by atoms with E-state index in [9.17, 15) is 14.9 Å². The number of nitrogens with one attached hydrogen (secondary N) is 1. The van der Waals surface area contributed by atoms with Crippen molar-refractivity contribution in [2.75, 3.05) is 18.4 Å². The van der Waals surface area contributed by atoms with Crippen LogP contribution < -0.4 is 5.32 Å². The van der Waals surface area contributed by atoms with E-state index >= 15 is 0 Å². The average Bonchev–Trinajstić information content (AvgIpc) is 2.43. The fourth-order valence-electron chi connectivity index (χ4n) is 2.08. The van der Waals surface area contributed by atoms with Crippen molar-refractivity contribution in [1.82, 2.24) is 4.90 Å². The van der Waals surface area contributed by atoms with Crippen LogP contribution in [0.3, 0.4) is 0 Å². The molecule has 1 N–H and O–H groups in total. The highest BCUT2D eigenvalue weighted by Crippen LogP contribution is 2.31. The molecule has 0 spiro atoms. The SMILES string of the molecule is CCN(CC)C(=O)C(C)Nc1cc(C)c([N+](=O)[O-])cc1Br. The summed E-state index contributed by atoms with van der Waals surface area (Å²) in [5.41, 5.74) is 1.27. The maximum Gasteiger partial charge on any atom is 0.273 e. The van der Waals surface area contributed by atoms with Crippen molar-refractivity contribution in [3.8, 4) is 0 Å². The zero-order valence-corrected chi connectivity index (χ0v) is 14.2. The third kappa shape index (κ3) is 4.17. The minimum Gasteiger partial charge on any atom is -0.373 e. The number of nitrogens with zero attached hydrogens (tertiary/aromatic N) is 2. The topological polar surface area (TPSA) is 75.5 Å². The molecule has 1 unspecified atom stereocenters. The molecule has 0 fully saturated rings. The molecule has 0 bridgehead atoms. The van der Waals surface area contributed by atoms with Gasteiger partial charge in [0.2, 0.25) is 5.91 Å². The number of hydrogen-bond acceptors (Lipinski definition) is 4. The first kappa shape index (κ1) is 17.4. The Hall–Kier alpha value is -1.63. The van der Waals surface area contributed by atoms with Crippen molar-refractivity contribution in [3.63, 3.8) is 0 Å². The smallest absolute Gasteiger partial charge is 0.273 e. The highest BCUT2D eigenvalue weighted by Gasteiger charge is 2.20. The van der Waals surface area contributed by atoms with Gasteiger partial charge in [0.15, 0.2) is 0 Å². The number of nitro benzene ring substituents is 1. The van der Waals surface area contributed by atoms with Gasteiger partial charge in [-0.2, -0.15) is 0 Å². The fraction of sp³-hybridized carbons (Fsp3) is 0.500. The van der Waals surface area contributed by atoms with Crippen molar-refractivity contribution in [2.24, 2.45) is 0 Å². The standard InChI is InChI=1S/C14H20BrN3O3/c1-5-17(6-2)14(19)10(4)16-12-7-9(3)13(18(20)21)8-11(12)15/h7-8,10,16H,5-6H2,1-4H3. The molecule has 0 aromatic heterocycles. The second-order valence-electron chi connectivity index (χ2n) is 4.75. The maximum atomic E-state index is 12.2. The quantitative estimate of drug-likeness (QED) is 0.625. The minimum atomic E-state index is -0.422. The van der Waals surface area contributed by atoms with Crippen LogP contribution in [0.5, 0.6) is 0 Å². The summed E-state index contributed by atoms with van der Waals surface area (Å²) in [6, 6.07) is 2.72. The van der Waals surface area contributed by atoms with Crippen molar-refractivity contribution >= 4 is 33.2 Å². The van der Waals surface area contributed by atoms with Crippen LogP contribution in [0.1, 0.15) is 26.3 Å². The van der Waals surface area contributed by atoms with E-state index in [2.05, 4.69) is 21.2 Å². The van der Waals surface area contributed by atoms with Crippen molar-refractivity contribution in [3.05, 3.63) is 32.3 Å². The summed E-state index contributed by atoms with van der Waals surface area (Å²) in [6.07, 6.45) is 0. The largest absolute Gasteiger partial charge is 0.373 e. The van der Waals surface area contributed by atoms with Crippen LogP contribution in [0, 0.1) is 17.0 Å². The Balaban J connectivity index is 2.96. The van der Waals surface area contributed by atoms with Crippen molar-refractivity contribution in [2.45, 2.75) is 33.7 Å². The Morgan fingerprint density at radius 3 is 2.48 bits per heavy atom. The molecule has 6 nitrogen and oxygen atoms in total. The highest BCUT2D eigenvalue weighted by molar-refractivity contribution is 9.10. The molecule has 1 aromatic rings. The van der Waals surface area contributed by atoms with E-state index in [-0.39, 0.29) is 11.6 Å². The predicted octanol–water partition coefficient (Wildman–Crippen LogP) is 3.33. The third-order valence-corrected chi connectivity index (χ3v) is 3.96. The summed E-state index contributed by atoms with van der Waals surface area (Å²) in [5.74, 6) is 0.00269. The Kier molecular flexibility index (Phi) is 6.14. The number of hydrogen-bond donors (Lipinski definition) is 1. The first-order valence-corrected chi connectivity index (χ1v) is 7.60. The molecule has 21 heavy (non-hydrogen) atoms. The summed E-state index contributed by atoms with van der Waals surface area (Å²) in [6.45, 7) is 8.63. The van der Waals surface area contributed by atoms with Gasteiger partial charge in [-0.15, -0.1) is 0 Å². The number of aryl methyl sites for hydroxylation is 1. The number of anilines is 1. The van der Waals surface area contributed by atoms with Gasteiger partial charge in [0.1, 0.15) is 6.04 Å². The van der Waals surface area contributed by atoms with E-state index in [1.165, 1.54) is 6.07 Å². The van der Waals surface area contributed by atoms with Gasteiger partial charge in [-0.05, 0) is 49.7 Å². The number of nitro groups is 1. The van der Waals surface area contributed by atoms with Gasteiger partial charge in [-0.25, -0.2) is 0 Å². The summed E-state index contributed by atoms with van der Waals surface area (Å²) in [5, 5.41) is 14.0. The molecular weight excluding hydrogens is 338 g/mol. The lowest BCUT2D eigenvalue weighted by molar-refractivity contribution is -0.385. The van der Waals surface area contributed by atoms with Gasteiger partial charge in [-0.3, -0.25) is 14.9 Å². The Bertz CT molecular complexity index is 545. The Labute approximate surface area is 132 Å². The first-order chi connectivity index (χ1) is 9.81. The van der Waals surface area contributed by atoms with Gasteiger partial charge in [0, 0.05) is 34.9 Å². The number of carbonyl (C=O) groups excluding carboxylic acids is 1. The number of amides is 1. The molecule has 1 amide bonds. The molecule has 0 radical (unpaired) electrons. The Morgan fingerprint density at radius 2 is 2.00 bits per heavy atom. The van der Waals surface area contributed by atoms with Gasteiger partial charge in [-0.1, -0.05) is 0 Å². The number of benzene rings is 1. The molecule has 0 aliphatic rings. The molecule has 0 aliphatic heterocycles. The van der Waals surface area contributed by atoms with E-state index in [4.69, 9.17) is 0 Å². The molecule has 116 valence electrons. The molecule has 0 saturated heterocycles. The van der Waals surface area contributed by atoms with Crippen LogP contribution in [-0.2, 0) is 4.79 Å². The lowest BCUT2D eigenvalue weighted by Crippen LogP contribution is -2.41. The highest BCUT2D eigenvalue weighted by atomic mass is 79.9. The van der Waals surface area contributed by atoms with E-state index in [0.29, 0.717) is 28.8 Å². The summed E-state index contributed by atoms with van der Waals surface area (Å²) >= 11 is 3.31. The second kappa shape index (κ2) is 7.40. The van der Waals surface area contributed by atoms with Crippen molar-refractivity contribution in [1.29, 1.82) is 0 Å². The molecule has 0 aliphatic carbocycles. The van der Waals surface area contributed by atoms with E-state index in [1.807, 2.05) is 13.8 Å². The van der Waals surface area contributed by atoms with E-state index < -0.39 is 11.0 Å². The molecule has 0 saturated carbocycles. The molecule has 1 rings (SSSR count). The zero-order chi connectivity index (χ0) is 16.2. The van der Waals surface area contributed by atoms with Crippen LogP contribution >= 0.6 is 15.9 Å². The van der Waals surface area contributed by atoms with E-state index in [0.717, 1.165) is 0 Å². The van der Waals surface area contributed by atoms with Gasteiger partial charge < -0.3 is 10.2 Å². The summed E-state index contributed by atoms with van der Waals surface area (Å²) < 4.78 is 0.569. The maximum absolute atomic E-state index is 12.2. The lowest BCUT2D eigenvalue weighted by atomic mass is 10.1. The van der Waals surface area contributed by atoms with Gasteiger partial charge in [0.25, 0.3) is 5.69 Å². The first-order valence-electron chi connectivity index (χ1n) is 6.81. The minimum absolute atomic E-state index is 0.00269. The number of rotatable bonds is 6. The molecular formula is C14H20BrN3O3.